The quantitative estimate of drug-likeness (QED) is 0.701. The second-order valence-electron chi connectivity index (χ2n) is 8.36. The van der Waals surface area contributed by atoms with Crippen molar-refractivity contribution in [2.75, 3.05) is 0 Å². The second kappa shape index (κ2) is 7.72. The minimum atomic E-state index is -4.69. The number of ether oxygens (including phenoxy) is 1. The van der Waals surface area contributed by atoms with Crippen LogP contribution in [0.3, 0.4) is 0 Å². The van der Waals surface area contributed by atoms with Gasteiger partial charge in [-0.2, -0.15) is 18.3 Å². The van der Waals surface area contributed by atoms with Crippen molar-refractivity contribution < 1.29 is 26.7 Å². The van der Waals surface area contributed by atoms with E-state index in [1.807, 2.05) is 6.20 Å². The summed E-state index contributed by atoms with van der Waals surface area (Å²) in [5, 5.41) is 5.06. The minimum absolute atomic E-state index is 0.0636. The van der Waals surface area contributed by atoms with Gasteiger partial charge in [0, 0.05) is 47.7 Å². The molecule has 0 spiro atoms. The molecule has 2 aliphatic heterocycles. The number of hydrogen-bond acceptors (Lipinski definition) is 5. The number of nitrogens with two attached hydrogens (primary N) is 1. The fourth-order valence-electron chi connectivity index (χ4n) is 4.31. The first-order valence-corrected chi connectivity index (χ1v) is 10.9. The number of rotatable bonds is 4. The van der Waals surface area contributed by atoms with Gasteiger partial charge in [-0.3, -0.25) is 4.90 Å². The van der Waals surface area contributed by atoms with Crippen molar-refractivity contribution >= 4 is 11.9 Å². The van der Waals surface area contributed by atoms with E-state index in [1.54, 1.807) is 20.9 Å². The molecule has 1 saturated carbocycles. The Morgan fingerprint density at radius 1 is 1.16 bits per heavy atom. The fourth-order valence-corrected chi connectivity index (χ4v) is 5.30. The van der Waals surface area contributed by atoms with Crippen molar-refractivity contribution in [2.24, 2.45) is 5.73 Å². The van der Waals surface area contributed by atoms with Crippen LogP contribution in [0, 0.1) is 11.6 Å². The van der Waals surface area contributed by atoms with E-state index in [0.717, 1.165) is 42.3 Å². The minimum Gasteiger partial charge on any atom is -0.357 e. The number of halogens is 5. The van der Waals surface area contributed by atoms with Gasteiger partial charge < -0.3 is 10.5 Å². The zero-order valence-corrected chi connectivity index (χ0v) is 17.2. The predicted octanol–water partition coefficient (Wildman–Crippen LogP) is 3.92. The highest BCUT2D eigenvalue weighted by atomic mass is 32.2. The van der Waals surface area contributed by atoms with Gasteiger partial charge >= 0.3 is 6.18 Å². The molecule has 168 valence electrons. The zero-order chi connectivity index (χ0) is 21.9. The maximum atomic E-state index is 14.2. The summed E-state index contributed by atoms with van der Waals surface area (Å²) in [7, 11) is 0. The lowest BCUT2D eigenvalue weighted by Crippen LogP contribution is -2.58. The molecule has 31 heavy (non-hydrogen) atoms. The third-order valence-corrected chi connectivity index (χ3v) is 7.14. The van der Waals surface area contributed by atoms with E-state index in [2.05, 4.69) is 5.10 Å². The summed E-state index contributed by atoms with van der Waals surface area (Å²) in [6.45, 7) is 0.576. The lowest BCUT2D eigenvalue weighted by molar-refractivity contribution is -0.269. The van der Waals surface area contributed by atoms with Crippen molar-refractivity contribution in [2.45, 2.75) is 68.1 Å². The number of nitrogens with zero attached hydrogens (tertiary/aromatic N) is 3. The molecular weight excluding hydrogens is 439 g/mol. The number of hydrogen-bond donors (Lipinski definition) is 1. The first-order chi connectivity index (χ1) is 14.7. The number of fused-ring (bicyclic) bond motifs is 1. The molecule has 1 saturated heterocycles. The van der Waals surface area contributed by atoms with E-state index in [0.29, 0.717) is 11.8 Å². The third kappa shape index (κ3) is 4.20. The maximum absolute atomic E-state index is 14.2. The van der Waals surface area contributed by atoms with Crippen LogP contribution in [0.5, 0.6) is 0 Å². The molecule has 0 amide bonds. The molecule has 5 rings (SSSR count). The molecule has 0 radical (unpaired) electrons. The van der Waals surface area contributed by atoms with Crippen molar-refractivity contribution in [3.05, 3.63) is 52.9 Å². The van der Waals surface area contributed by atoms with Crippen LogP contribution in [0.15, 0.2) is 24.4 Å². The van der Waals surface area contributed by atoms with E-state index in [1.165, 1.54) is 0 Å². The molecule has 0 bridgehead atoms. The second-order valence-corrected chi connectivity index (χ2v) is 9.62. The normalized spacial score (nSPS) is 29.4. The van der Waals surface area contributed by atoms with Gasteiger partial charge in [-0.05, 0) is 49.4 Å². The van der Waals surface area contributed by atoms with Crippen LogP contribution >= 0.6 is 11.9 Å². The largest absolute Gasteiger partial charge is 0.416 e. The summed E-state index contributed by atoms with van der Waals surface area (Å²) in [4.78, 5) is 1.67. The van der Waals surface area contributed by atoms with E-state index < -0.39 is 42.1 Å². The summed E-state index contributed by atoms with van der Waals surface area (Å²) in [6.07, 6.45) is -4.13. The Morgan fingerprint density at radius 3 is 2.61 bits per heavy atom. The summed E-state index contributed by atoms with van der Waals surface area (Å²) in [6, 6.07) is 0.659. The van der Waals surface area contributed by atoms with E-state index in [-0.39, 0.29) is 18.5 Å². The third-order valence-electron chi connectivity index (χ3n) is 5.97. The molecule has 3 heterocycles. The van der Waals surface area contributed by atoms with E-state index in [9.17, 15) is 22.0 Å². The van der Waals surface area contributed by atoms with Gasteiger partial charge in [-0.25, -0.2) is 12.9 Å². The smallest absolute Gasteiger partial charge is 0.357 e. The molecule has 5 nitrogen and oxygen atoms in total. The zero-order valence-electron chi connectivity index (χ0n) is 16.4. The lowest BCUT2D eigenvalue weighted by atomic mass is 9.89. The molecule has 3 aliphatic rings. The summed E-state index contributed by atoms with van der Waals surface area (Å²) in [5.74, 6) is -1.60. The van der Waals surface area contributed by atoms with Gasteiger partial charge in [0.1, 0.15) is 17.7 Å². The SMILES string of the molecule is NC1CC(N2Cc3cn(SC4CC4)nc3C2)C(C(F)(F)F)O[C@@H]1c1cc(F)ccc1F. The highest BCUT2D eigenvalue weighted by Gasteiger charge is 2.54. The Hall–Kier alpha value is -1.69. The van der Waals surface area contributed by atoms with Crippen molar-refractivity contribution in [1.29, 1.82) is 0 Å². The first-order valence-electron chi connectivity index (χ1n) is 10.1. The summed E-state index contributed by atoms with van der Waals surface area (Å²) < 4.78 is 76.7. The van der Waals surface area contributed by atoms with Crippen LogP contribution < -0.4 is 5.73 Å². The van der Waals surface area contributed by atoms with Crippen LogP contribution in [0.2, 0.25) is 0 Å². The van der Waals surface area contributed by atoms with Gasteiger partial charge in [0.25, 0.3) is 0 Å². The van der Waals surface area contributed by atoms with Gasteiger partial charge in [-0.1, -0.05) is 0 Å². The van der Waals surface area contributed by atoms with E-state index in [4.69, 9.17) is 10.5 Å². The maximum Gasteiger partial charge on any atom is 0.416 e. The topological polar surface area (TPSA) is 56.3 Å². The van der Waals surface area contributed by atoms with Crippen LogP contribution in [0.1, 0.15) is 42.2 Å². The summed E-state index contributed by atoms with van der Waals surface area (Å²) in [5.41, 5.74) is 7.48. The predicted molar refractivity (Wildman–Crippen MR) is 104 cm³/mol. The van der Waals surface area contributed by atoms with Crippen LogP contribution in [0.25, 0.3) is 0 Å². The van der Waals surface area contributed by atoms with Crippen LogP contribution in [0.4, 0.5) is 22.0 Å². The molecule has 1 aliphatic carbocycles. The summed E-state index contributed by atoms with van der Waals surface area (Å²) >= 11 is 1.63. The number of aromatic nitrogens is 2. The molecule has 11 heteroatoms. The highest BCUT2D eigenvalue weighted by Crippen LogP contribution is 2.43. The number of benzene rings is 1. The van der Waals surface area contributed by atoms with E-state index >= 15 is 0 Å². The monoisotopic (exact) mass is 460 g/mol. The van der Waals surface area contributed by atoms with Crippen molar-refractivity contribution in [3.63, 3.8) is 0 Å². The Bertz CT molecular complexity index is 955. The average molecular weight is 460 g/mol. The molecule has 1 aromatic heterocycles. The van der Waals surface area contributed by atoms with Crippen molar-refractivity contribution in [1.82, 2.24) is 14.1 Å². The lowest BCUT2D eigenvalue weighted by Gasteiger charge is -2.44. The standard InChI is InChI=1S/C20H21F5N4OS/c21-11-1-4-14(22)13(5-11)18-15(26)6-17(19(30-18)20(23,24)25)28-7-10-8-29(27-16(10)9-28)31-12-2-3-12/h1,4-5,8,12,15,17-19H,2-3,6-7,9,26H2/t15?,17?,18-,19?/m1/s1. The Kier molecular flexibility index (Phi) is 5.27. The Labute approximate surface area is 179 Å². The average Bonchev–Trinajstić information content (AvgIpc) is 3.29. The van der Waals surface area contributed by atoms with Crippen LogP contribution in [-0.4, -0.2) is 43.7 Å². The molecule has 1 aromatic carbocycles. The molecule has 2 N–H and O–H groups in total. The molecule has 2 aromatic rings. The van der Waals surface area contributed by atoms with Crippen LogP contribution in [-0.2, 0) is 17.8 Å². The van der Waals surface area contributed by atoms with Crippen molar-refractivity contribution in [3.8, 4) is 0 Å². The Balaban J connectivity index is 1.36. The molecule has 2 fully saturated rings. The molecular formula is C20H21F5N4OS. The fraction of sp³-hybridized carbons (Fsp3) is 0.550. The van der Waals surface area contributed by atoms with Gasteiger partial charge in [0.15, 0.2) is 6.10 Å². The highest BCUT2D eigenvalue weighted by molar-refractivity contribution is 7.98. The Morgan fingerprint density at radius 2 is 1.94 bits per heavy atom. The van der Waals surface area contributed by atoms with Gasteiger partial charge in [0.05, 0.1) is 5.69 Å². The van der Waals surface area contributed by atoms with Gasteiger partial charge in [-0.15, -0.1) is 0 Å². The molecule has 4 atom stereocenters. The number of alkyl halides is 3. The van der Waals surface area contributed by atoms with Gasteiger partial charge in [0.2, 0.25) is 0 Å². The molecule has 3 unspecified atom stereocenters. The first kappa shape index (κ1) is 21.2.